The van der Waals surface area contributed by atoms with Crippen LogP contribution in [0.15, 0.2) is 76.2 Å². The van der Waals surface area contributed by atoms with Crippen LogP contribution in [0.25, 0.3) is 11.1 Å². The summed E-state index contributed by atoms with van der Waals surface area (Å²) in [6.45, 7) is 0. The maximum Gasteiger partial charge on any atom is 0.318 e. The maximum atomic E-state index is 13.4. The lowest BCUT2D eigenvalue weighted by molar-refractivity contribution is 0.414. The van der Waals surface area contributed by atoms with Crippen LogP contribution in [0.3, 0.4) is 0 Å². The second-order valence-electron chi connectivity index (χ2n) is 5.74. The molecule has 0 fully saturated rings. The standard InChI is InChI=1S/C19H14ClN3O4S/c1-26-14-6-8-15(9-7-14)28(24,25)23(18-12-13(20)10-11-21-18)19-22-16-4-2-3-5-17(16)27-19/h2-12H,1H3. The fourth-order valence-corrected chi connectivity index (χ4v) is 4.10. The average Bonchev–Trinajstić information content (AvgIpc) is 3.11. The number of oxazole rings is 1. The van der Waals surface area contributed by atoms with Gasteiger partial charge in [-0.15, -0.1) is 0 Å². The number of pyridine rings is 1. The summed E-state index contributed by atoms with van der Waals surface area (Å²) < 4.78 is 38.6. The van der Waals surface area contributed by atoms with E-state index in [1.54, 1.807) is 42.5 Å². The highest BCUT2D eigenvalue weighted by atomic mass is 35.5. The largest absolute Gasteiger partial charge is 0.497 e. The lowest BCUT2D eigenvalue weighted by Gasteiger charge is -2.19. The number of sulfonamides is 1. The van der Waals surface area contributed by atoms with Crippen LogP contribution < -0.4 is 9.04 Å². The zero-order valence-electron chi connectivity index (χ0n) is 14.6. The Bertz CT molecular complexity index is 1210. The molecule has 0 aliphatic rings. The van der Waals surface area contributed by atoms with Crippen LogP contribution in [0, 0.1) is 0 Å². The number of benzene rings is 2. The number of para-hydroxylation sites is 2. The van der Waals surface area contributed by atoms with Crippen LogP contribution in [0.4, 0.5) is 11.8 Å². The van der Waals surface area contributed by atoms with Gasteiger partial charge in [-0.2, -0.15) is 9.29 Å². The molecule has 142 valence electrons. The van der Waals surface area contributed by atoms with Crippen LogP contribution in [0.5, 0.6) is 5.75 Å². The molecule has 28 heavy (non-hydrogen) atoms. The molecule has 4 aromatic rings. The molecular weight excluding hydrogens is 402 g/mol. The number of halogens is 1. The van der Waals surface area contributed by atoms with Crippen molar-refractivity contribution in [2.75, 3.05) is 11.4 Å². The predicted octanol–water partition coefficient (Wildman–Crippen LogP) is 4.41. The Hall–Kier alpha value is -3.10. The van der Waals surface area contributed by atoms with Gasteiger partial charge in [0.15, 0.2) is 11.4 Å². The molecular formula is C19H14ClN3O4S. The van der Waals surface area contributed by atoms with Gasteiger partial charge in [-0.1, -0.05) is 23.7 Å². The number of nitrogens with zero attached hydrogens (tertiary/aromatic N) is 3. The van der Waals surface area contributed by atoms with Gasteiger partial charge >= 0.3 is 6.01 Å². The molecule has 0 bridgehead atoms. The van der Waals surface area contributed by atoms with Crippen LogP contribution in [-0.4, -0.2) is 25.5 Å². The molecule has 7 nitrogen and oxygen atoms in total. The van der Waals surface area contributed by atoms with E-state index in [4.69, 9.17) is 20.8 Å². The van der Waals surface area contributed by atoms with Gasteiger partial charge in [0.05, 0.1) is 12.0 Å². The van der Waals surface area contributed by atoms with E-state index in [0.717, 1.165) is 4.31 Å². The van der Waals surface area contributed by atoms with Gasteiger partial charge in [-0.05, 0) is 42.5 Å². The minimum absolute atomic E-state index is 0.0253. The number of hydrogen-bond acceptors (Lipinski definition) is 6. The molecule has 2 aromatic carbocycles. The van der Waals surface area contributed by atoms with E-state index in [1.165, 1.54) is 31.5 Å². The highest BCUT2D eigenvalue weighted by molar-refractivity contribution is 7.93. The monoisotopic (exact) mass is 415 g/mol. The average molecular weight is 416 g/mol. The zero-order valence-corrected chi connectivity index (χ0v) is 16.2. The Kier molecular flexibility index (Phi) is 4.66. The van der Waals surface area contributed by atoms with Gasteiger partial charge in [-0.25, -0.2) is 13.4 Å². The number of anilines is 2. The van der Waals surface area contributed by atoms with Crippen molar-refractivity contribution in [3.8, 4) is 5.75 Å². The van der Waals surface area contributed by atoms with Crippen LogP contribution in [0.2, 0.25) is 5.02 Å². The topological polar surface area (TPSA) is 85.5 Å². The summed E-state index contributed by atoms with van der Waals surface area (Å²) in [4.78, 5) is 8.49. The maximum absolute atomic E-state index is 13.4. The van der Waals surface area contributed by atoms with E-state index in [2.05, 4.69) is 9.97 Å². The Labute approximate surface area is 166 Å². The molecule has 2 heterocycles. The summed E-state index contributed by atoms with van der Waals surface area (Å²) >= 11 is 6.06. The third-order valence-electron chi connectivity index (χ3n) is 3.97. The van der Waals surface area contributed by atoms with Gasteiger partial charge in [0, 0.05) is 17.3 Å². The Balaban J connectivity index is 1.91. The van der Waals surface area contributed by atoms with E-state index in [9.17, 15) is 8.42 Å². The Morgan fingerprint density at radius 2 is 1.82 bits per heavy atom. The second-order valence-corrected chi connectivity index (χ2v) is 7.96. The quantitative estimate of drug-likeness (QED) is 0.480. The summed E-state index contributed by atoms with van der Waals surface area (Å²) in [5, 5.41) is 0.330. The van der Waals surface area contributed by atoms with Crippen molar-refractivity contribution in [3.63, 3.8) is 0 Å². The highest BCUT2D eigenvalue weighted by Crippen LogP contribution is 2.34. The molecule has 9 heteroatoms. The molecule has 0 unspecified atom stereocenters. The third kappa shape index (κ3) is 3.28. The first-order valence-corrected chi connectivity index (χ1v) is 9.97. The zero-order chi connectivity index (χ0) is 19.7. The molecule has 0 aliphatic carbocycles. The van der Waals surface area contributed by atoms with Crippen molar-refractivity contribution in [2.24, 2.45) is 0 Å². The van der Waals surface area contributed by atoms with Gasteiger partial charge in [0.1, 0.15) is 11.3 Å². The van der Waals surface area contributed by atoms with Crippen LogP contribution >= 0.6 is 11.6 Å². The van der Waals surface area contributed by atoms with Crippen molar-refractivity contribution >= 4 is 44.6 Å². The number of aromatic nitrogens is 2. The minimum atomic E-state index is -4.10. The summed E-state index contributed by atoms with van der Waals surface area (Å²) in [6.07, 6.45) is 1.41. The first-order chi connectivity index (χ1) is 13.5. The summed E-state index contributed by atoms with van der Waals surface area (Å²) in [6, 6.07) is 15.8. The fourth-order valence-electron chi connectivity index (χ4n) is 2.63. The highest BCUT2D eigenvalue weighted by Gasteiger charge is 2.32. The smallest absolute Gasteiger partial charge is 0.318 e. The van der Waals surface area contributed by atoms with Crippen molar-refractivity contribution in [2.45, 2.75) is 4.90 Å². The molecule has 0 saturated heterocycles. The van der Waals surface area contributed by atoms with Crippen molar-refractivity contribution in [3.05, 3.63) is 71.9 Å². The number of methoxy groups -OCH3 is 1. The SMILES string of the molecule is COc1ccc(S(=O)(=O)N(c2cc(Cl)ccn2)c2nc3ccccc3o2)cc1. The lowest BCUT2D eigenvalue weighted by Crippen LogP contribution is -2.27. The molecule has 0 amide bonds. The molecule has 4 rings (SSSR count). The van der Waals surface area contributed by atoms with E-state index in [-0.39, 0.29) is 16.7 Å². The molecule has 0 radical (unpaired) electrons. The van der Waals surface area contributed by atoms with Gasteiger partial charge in [0.2, 0.25) is 0 Å². The molecule has 0 saturated carbocycles. The van der Waals surface area contributed by atoms with E-state index in [1.807, 2.05) is 0 Å². The molecule has 0 aliphatic heterocycles. The molecule has 0 spiro atoms. The third-order valence-corrected chi connectivity index (χ3v) is 5.90. The van der Waals surface area contributed by atoms with Crippen molar-refractivity contribution in [1.82, 2.24) is 9.97 Å². The molecule has 0 N–H and O–H groups in total. The number of hydrogen-bond donors (Lipinski definition) is 0. The molecule has 0 atom stereocenters. The Morgan fingerprint density at radius 1 is 1.07 bits per heavy atom. The van der Waals surface area contributed by atoms with Crippen LogP contribution in [0.1, 0.15) is 0 Å². The predicted molar refractivity (Wildman–Crippen MR) is 106 cm³/mol. The first kappa shape index (κ1) is 18.3. The first-order valence-electron chi connectivity index (χ1n) is 8.15. The Morgan fingerprint density at radius 3 is 2.50 bits per heavy atom. The van der Waals surface area contributed by atoms with E-state index < -0.39 is 10.0 Å². The summed E-state index contributed by atoms with van der Waals surface area (Å²) in [7, 11) is -2.59. The van der Waals surface area contributed by atoms with Gasteiger partial charge < -0.3 is 9.15 Å². The normalized spacial score (nSPS) is 11.5. The van der Waals surface area contributed by atoms with E-state index >= 15 is 0 Å². The summed E-state index contributed by atoms with van der Waals surface area (Å²) in [5.74, 6) is 0.600. The second kappa shape index (κ2) is 7.14. The van der Waals surface area contributed by atoms with Gasteiger partial charge in [-0.3, -0.25) is 0 Å². The van der Waals surface area contributed by atoms with E-state index in [0.29, 0.717) is 21.9 Å². The number of ether oxygens (including phenoxy) is 1. The van der Waals surface area contributed by atoms with Gasteiger partial charge in [0.25, 0.3) is 10.0 Å². The summed E-state index contributed by atoms with van der Waals surface area (Å²) in [5.41, 5.74) is 0.976. The minimum Gasteiger partial charge on any atom is -0.497 e. The van der Waals surface area contributed by atoms with Crippen LogP contribution in [-0.2, 0) is 10.0 Å². The molecule has 2 aromatic heterocycles. The number of fused-ring (bicyclic) bond motifs is 1. The van der Waals surface area contributed by atoms with Crippen molar-refractivity contribution < 1.29 is 17.6 Å². The fraction of sp³-hybridized carbons (Fsp3) is 0.0526. The van der Waals surface area contributed by atoms with Crippen molar-refractivity contribution in [1.29, 1.82) is 0 Å². The number of rotatable bonds is 5. The lowest BCUT2D eigenvalue weighted by atomic mass is 10.3.